The monoisotopic (exact) mass is 558 g/mol. The highest BCUT2D eigenvalue weighted by atomic mass is 35.5. The Labute approximate surface area is 233 Å². The van der Waals surface area contributed by atoms with Crippen LogP contribution in [0.4, 0.5) is 10.5 Å². The van der Waals surface area contributed by atoms with Gasteiger partial charge in [0.2, 0.25) is 5.91 Å². The minimum Gasteiger partial charge on any atom is -0.464 e. The van der Waals surface area contributed by atoms with Crippen molar-refractivity contribution in [3.05, 3.63) is 87.8 Å². The number of benzene rings is 2. The van der Waals surface area contributed by atoms with Crippen molar-refractivity contribution in [1.82, 2.24) is 14.7 Å². The van der Waals surface area contributed by atoms with Gasteiger partial charge < -0.3 is 24.3 Å². The van der Waals surface area contributed by atoms with Crippen LogP contribution in [0.5, 0.6) is 0 Å². The first-order valence-electron chi connectivity index (χ1n) is 12.6. The van der Waals surface area contributed by atoms with Crippen molar-refractivity contribution < 1.29 is 18.7 Å². The first-order chi connectivity index (χ1) is 18.4. The Morgan fingerprint density at radius 1 is 0.921 bits per heavy atom. The summed E-state index contributed by atoms with van der Waals surface area (Å²) >= 11 is 12.6. The van der Waals surface area contributed by atoms with Gasteiger partial charge in [0, 0.05) is 32.7 Å². The summed E-state index contributed by atoms with van der Waals surface area (Å²) in [4.78, 5) is 32.5. The van der Waals surface area contributed by atoms with Gasteiger partial charge in [-0.25, -0.2) is 4.79 Å². The number of carbonyl (C=O) groups is 2. The maximum atomic E-state index is 13.7. The fourth-order valence-electron chi connectivity index (χ4n) is 4.20. The van der Waals surface area contributed by atoms with Gasteiger partial charge in [-0.1, -0.05) is 59.6 Å². The van der Waals surface area contributed by atoms with Crippen LogP contribution in [0, 0.1) is 6.92 Å². The number of urea groups is 1. The molecule has 1 aromatic heterocycles. The minimum absolute atomic E-state index is 0.120. The van der Waals surface area contributed by atoms with Crippen molar-refractivity contribution in [2.24, 2.45) is 0 Å². The van der Waals surface area contributed by atoms with Crippen LogP contribution in [0.3, 0.4) is 0 Å². The van der Waals surface area contributed by atoms with Gasteiger partial charge in [-0.05, 0) is 36.8 Å². The SMILES string of the molecule is Cc1ccc(CN(Cc2ccccc2)C(=O)CN(CCN2CCOCC2)C(=O)Nc2c(Cl)cccc2Cl)o1. The molecule has 0 aliphatic carbocycles. The molecular weight excluding hydrogens is 527 g/mol. The number of carbonyl (C=O) groups excluding carboxylic acids is 2. The van der Waals surface area contributed by atoms with Crippen molar-refractivity contribution in [3.8, 4) is 0 Å². The molecule has 2 aromatic carbocycles. The maximum absolute atomic E-state index is 13.7. The highest BCUT2D eigenvalue weighted by Gasteiger charge is 2.25. The van der Waals surface area contributed by atoms with E-state index >= 15 is 0 Å². The van der Waals surface area contributed by atoms with E-state index in [1.165, 1.54) is 4.90 Å². The van der Waals surface area contributed by atoms with Crippen molar-refractivity contribution in [2.75, 3.05) is 51.3 Å². The smallest absolute Gasteiger partial charge is 0.322 e. The van der Waals surface area contributed by atoms with Gasteiger partial charge in [-0.3, -0.25) is 9.69 Å². The predicted molar refractivity (Wildman–Crippen MR) is 148 cm³/mol. The van der Waals surface area contributed by atoms with E-state index in [4.69, 9.17) is 32.4 Å². The maximum Gasteiger partial charge on any atom is 0.322 e. The van der Waals surface area contributed by atoms with Crippen LogP contribution >= 0.6 is 23.2 Å². The molecule has 1 N–H and O–H groups in total. The minimum atomic E-state index is -0.449. The molecule has 1 saturated heterocycles. The lowest BCUT2D eigenvalue weighted by Crippen LogP contribution is -2.48. The van der Waals surface area contributed by atoms with Crippen LogP contribution in [-0.2, 0) is 22.6 Å². The summed E-state index contributed by atoms with van der Waals surface area (Å²) < 4.78 is 11.2. The fraction of sp³-hybridized carbons (Fsp3) is 0.357. The lowest BCUT2D eigenvalue weighted by atomic mass is 10.2. The standard InChI is InChI=1S/C28H32Cl2N4O4/c1-21-10-11-23(38-21)19-34(18-22-6-3-2-4-7-22)26(35)20-33(13-12-32-14-16-37-17-15-32)28(36)31-27-24(29)8-5-9-25(27)30/h2-11H,12-20H2,1H3,(H,31,36). The van der Waals surface area contributed by atoms with E-state index in [0.29, 0.717) is 54.3 Å². The summed E-state index contributed by atoms with van der Waals surface area (Å²) in [5.74, 6) is 1.25. The van der Waals surface area contributed by atoms with Gasteiger partial charge in [0.25, 0.3) is 0 Å². The molecule has 202 valence electrons. The number of hydrogen-bond acceptors (Lipinski definition) is 5. The lowest BCUT2D eigenvalue weighted by molar-refractivity contribution is -0.133. The summed E-state index contributed by atoms with van der Waals surface area (Å²) in [6.45, 7) is 6.22. The number of rotatable bonds is 10. The molecular formula is C28H32Cl2N4O4. The number of halogens is 2. The van der Waals surface area contributed by atoms with Crippen LogP contribution in [-0.4, -0.2) is 72.6 Å². The molecule has 38 heavy (non-hydrogen) atoms. The Hall–Kier alpha value is -3.04. The number of para-hydroxylation sites is 1. The summed E-state index contributed by atoms with van der Waals surface area (Å²) in [6, 6.07) is 18.0. The Balaban J connectivity index is 1.52. The number of anilines is 1. The molecule has 3 aromatic rings. The van der Waals surface area contributed by atoms with Crippen LogP contribution < -0.4 is 5.32 Å². The van der Waals surface area contributed by atoms with Crippen molar-refractivity contribution >= 4 is 40.8 Å². The summed E-state index contributed by atoms with van der Waals surface area (Å²) in [7, 11) is 0. The molecule has 10 heteroatoms. The number of nitrogens with one attached hydrogen (secondary N) is 1. The quantitative estimate of drug-likeness (QED) is 0.365. The van der Waals surface area contributed by atoms with Gasteiger partial charge in [-0.2, -0.15) is 0 Å². The topological polar surface area (TPSA) is 78.3 Å². The van der Waals surface area contributed by atoms with Crippen molar-refractivity contribution in [1.29, 1.82) is 0 Å². The number of nitrogens with zero attached hydrogens (tertiary/aromatic N) is 3. The molecule has 0 radical (unpaired) electrons. The number of ether oxygens (including phenoxy) is 1. The number of hydrogen-bond donors (Lipinski definition) is 1. The van der Waals surface area contributed by atoms with Gasteiger partial charge in [-0.15, -0.1) is 0 Å². The lowest BCUT2D eigenvalue weighted by Gasteiger charge is -2.31. The second kappa shape index (κ2) is 13.7. The second-order valence-corrected chi connectivity index (χ2v) is 9.96. The zero-order valence-electron chi connectivity index (χ0n) is 21.4. The number of furan rings is 1. The van der Waals surface area contributed by atoms with Gasteiger partial charge >= 0.3 is 6.03 Å². The molecule has 2 heterocycles. The number of amides is 3. The third-order valence-corrected chi connectivity index (χ3v) is 6.94. The number of morpholine rings is 1. The molecule has 3 amide bonds. The molecule has 0 atom stereocenters. The molecule has 1 aliphatic heterocycles. The molecule has 1 aliphatic rings. The van der Waals surface area contributed by atoms with E-state index in [-0.39, 0.29) is 19.0 Å². The van der Waals surface area contributed by atoms with Crippen LogP contribution in [0.2, 0.25) is 10.0 Å². The molecule has 0 unspecified atom stereocenters. The van der Waals surface area contributed by atoms with E-state index < -0.39 is 6.03 Å². The normalized spacial score (nSPS) is 13.8. The molecule has 0 spiro atoms. The zero-order valence-corrected chi connectivity index (χ0v) is 22.9. The molecule has 8 nitrogen and oxygen atoms in total. The van der Waals surface area contributed by atoms with Crippen molar-refractivity contribution in [3.63, 3.8) is 0 Å². The second-order valence-electron chi connectivity index (χ2n) is 9.15. The fourth-order valence-corrected chi connectivity index (χ4v) is 4.69. The summed E-state index contributed by atoms with van der Waals surface area (Å²) in [5, 5.41) is 3.45. The zero-order chi connectivity index (χ0) is 26.9. The molecule has 1 fully saturated rings. The largest absolute Gasteiger partial charge is 0.464 e. The Morgan fingerprint density at radius 2 is 1.63 bits per heavy atom. The molecule has 4 rings (SSSR count). The van der Waals surface area contributed by atoms with Gasteiger partial charge in [0.15, 0.2) is 0 Å². The highest BCUT2D eigenvalue weighted by Crippen LogP contribution is 2.30. The van der Waals surface area contributed by atoms with E-state index in [1.54, 1.807) is 23.1 Å². The van der Waals surface area contributed by atoms with E-state index in [2.05, 4.69) is 10.2 Å². The van der Waals surface area contributed by atoms with Gasteiger partial charge in [0.05, 0.1) is 35.5 Å². The van der Waals surface area contributed by atoms with E-state index in [9.17, 15) is 9.59 Å². The third-order valence-electron chi connectivity index (χ3n) is 6.31. The summed E-state index contributed by atoms with van der Waals surface area (Å²) in [6.07, 6.45) is 0. The average molecular weight is 559 g/mol. The first-order valence-corrected chi connectivity index (χ1v) is 13.3. The van der Waals surface area contributed by atoms with Crippen LogP contribution in [0.15, 0.2) is 65.1 Å². The average Bonchev–Trinajstić information content (AvgIpc) is 3.33. The van der Waals surface area contributed by atoms with Gasteiger partial charge in [0.1, 0.15) is 18.1 Å². The predicted octanol–water partition coefficient (Wildman–Crippen LogP) is 5.29. The van der Waals surface area contributed by atoms with E-state index in [0.717, 1.165) is 24.4 Å². The van der Waals surface area contributed by atoms with E-state index in [1.807, 2.05) is 49.4 Å². The Morgan fingerprint density at radius 3 is 2.29 bits per heavy atom. The Bertz CT molecular complexity index is 1190. The van der Waals surface area contributed by atoms with Crippen LogP contribution in [0.25, 0.3) is 0 Å². The van der Waals surface area contributed by atoms with Crippen LogP contribution in [0.1, 0.15) is 17.1 Å². The summed E-state index contributed by atoms with van der Waals surface area (Å²) in [5.41, 5.74) is 1.30. The molecule has 0 saturated carbocycles. The molecule has 0 bridgehead atoms. The van der Waals surface area contributed by atoms with Crippen molar-refractivity contribution in [2.45, 2.75) is 20.0 Å². The third kappa shape index (κ3) is 7.98. The number of aryl methyl sites for hydroxylation is 1. The first kappa shape index (κ1) is 28.0. The Kier molecular flexibility index (Phi) is 10.1. The highest BCUT2D eigenvalue weighted by molar-refractivity contribution is 6.39.